The molecular formula is C22H22N2O2S. The van der Waals surface area contributed by atoms with Crippen LogP contribution in [0.25, 0.3) is 0 Å². The zero-order valence-electron chi connectivity index (χ0n) is 15.3. The number of anilines is 1. The molecule has 0 saturated heterocycles. The number of hydrogen-bond acceptors (Lipinski definition) is 3. The van der Waals surface area contributed by atoms with E-state index in [1.807, 2.05) is 35.7 Å². The minimum absolute atomic E-state index is 0.0218. The van der Waals surface area contributed by atoms with Crippen LogP contribution < -0.4 is 10.9 Å². The molecule has 3 aromatic rings. The van der Waals surface area contributed by atoms with Crippen molar-refractivity contribution >= 4 is 22.9 Å². The Kier molecular flexibility index (Phi) is 4.94. The van der Waals surface area contributed by atoms with Gasteiger partial charge in [0.15, 0.2) is 0 Å². The van der Waals surface area contributed by atoms with Crippen LogP contribution in [-0.4, -0.2) is 10.5 Å². The van der Waals surface area contributed by atoms with E-state index in [-0.39, 0.29) is 11.5 Å². The molecule has 0 spiro atoms. The molecule has 4 nitrogen and oxygen atoms in total. The smallest absolute Gasteiger partial charge is 0.256 e. The summed E-state index contributed by atoms with van der Waals surface area (Å²) in [5.41, 5.74) is 3.82. The van der Waals surface area contributed by atoms with Gasteiger partial charge in [0.25, 0.3) is 11.5 Å². The fourth-order valence-corrected chi connectivity index (χ4v) is 4.79. The fourth-order valence-electron chi connectivity index (χ4n) is 3.55. The molecule has 138 valence electrons. The van der Waals surface area contributed by atoms with Crippen LogP contribution in [0.4, 0.5) is 5.69 Å². The summed E-state index contributed by atoms with van der Waals surface area (Å²) < 4.78 is 1.66. The molecule has 0 bridgehead atoms. The summed E-state index contributed by atoms with van der Waals surface area (Å²) in [5, 5.41) is 5.00. The highest BCUT2D eigenvalue weighted by Crippen LogP contribution is 2.33. The molecule has 1 unspecified atom stereocenters. The summed E-state index contributed by atoms with van der Waals surface area (Å²) >= 11 is 1.71. The second kappa shape index (κ2) is 7.53. The molecule has 1 aliphatic rings. The number of thiophene rings is 1. The van der Waals surface area contributed by atoms with Crippen molar-refractivity contribution in [2.24, 2.45) is 5.92 Å². The van der Waals surface area contributed by atoms with Crippen LogP contribution in [0.5, 0.6) is 0 Å². The summed E-state index contributed by atoms with van der Waals surface area (Å²) in [4.78, 5) is 25.9. The molecule has 0 saturated carbocycles. The Morgan fingerprint density at radius 3 is 2.81 bits per heavy atom. The lowest BCUT2D eigenvalue weighted by atomic mass is 9.88. The molecule has 2 heterocycles. The lowest BCUT2D eigenvalue weighted by molar-refractivity contribution is 0.102. The number of nitrogens with zero attached hydrogens (tertiary/aromatic N) is 1. The van der Waals surface area contributed by atoms with E-state index in [0.29, 0.717) is 12.5 Å². The molecule has 27 heavy (non-hydrogen) atoms. The molecule has 5 heteroatoms. The largest absolute Gasteiger partial charge is 0.322 e. The molecular weight excluding hydrogens is 356 g/mol. The third-order valence-corrected chi connectivity index (χ3v) is 6.16. The lowest BCUT2D eigenvalue weighted by Crippen LogP contribution is -2.18. The number of nitrogens with one attached hydrogen (secondary N) is 1. The van der Waals surface area contributed by atoms with E-state index in [9.17, 15) is 9.59 Å². The van der Waals surface area contributed by atoms with Crippen molar-refractivity contribution < 1.29 is 4.79 Å². The van der Waals surface area contributed by atoms with Gasteiger partial charge in [0.2, 0.25) is 0 Å². The number of carbonyl (C=O) groups excluding carboxylic acids is 1. The number of hydrogen-bond donors (Lipinski definition) is 1. The maximum atomic E-state index is 12.7. The first-order valence-corrected chi connectivity index (χ1v) is 10.1. The Morgan fingerprint density at radius 2 is 2.04 bits per heavy atom. The van der Waals surface area contributed by atoms with Gasteiger partial charge in [0, 0.05) is 28.2 Å². The average molecular weight is 378 g/mol. The van der Waals surface area contributed by atoms with Crippen molar-refractivity contribution in [2.45, 2.75) is 32.7 Å². The number of carbonyl (C=O) groups is 1. The molecule has 2 aromatic heterocycles. The van der Waals surface area contributed by atoms with E-state index in [1.54, 1.807) is 34.2 Å². The fraction of sp³-hybridized carbons (Fsp3) is 0.273. The molecule has 1 amide bonds. The summed E-state index contributed by atoms with van der Waals surface area (Å²) in [6.07, 6.45) is 5.00. The minimum atomic E-state index is -0.0333. The monoisotopic (exact) mass is 378 g/mol. The third kappa shape index (κ3) is 3.88. The number of aromatic nitrogens is 1. The summed E-state index contributed by atoms with van der Waals surface area (Å²) in [7, 11) is 0. The Labute approximate surface area is 162 Å². The quantitative estimate of drug-likeness (QED) is 0.734. The van der Waals surface area contributed by atoms with Crippen LogP contribution >= 0.6 is 11.3 Å². The molecule has 0 radical (unpaired) electrons. The first-order chi connectivity index (χ1) is 13.1. The molecule has 1 atom stereocenters. The highest BCUT2D eigenvalue weighted by atomic mass is 32.1. The average Bonchev–Trinajstić information content (AvgIpc) is 3.08. The molecule has 1 N–H and O–H groups in total. The minimum Gasteiger partial charge on any atom is -0.322 e. The van der Waals surface area contributed by atoms with Crippen LogP contribution in [0, 0.1) is 5.92 Å². The van der Waals surface area contributed by atoms with Gasteiger partial charge in [-0.15, -0.1) is 11.3 Å². The van der Waals surface area contributed by atoms with Gasteiger partial charge < -0.3 is 9.88 Å². The van der Waals surface area contributed by atoms with Gasteiger partial charge in [-0.3, -0.25) is 9.59 Å². The van der Waals surface area contributed by atoms with Crippen LogP contribution in [0.15, 0.2) is 58.8 Å². The summed E-state index contributed by atoms with van der Waals surface area (Å²) in [6, 6.07) is 12.8. The highest BCUT2D eigenvalue weighted by Gasteiger charge is 2.23. The second-order valence-electron chi connectivity index (χ2n) is 7.22. The van der Waals surface area contributed by atoms with Crippen LogP contribution in [0.1, 0.15) is 39.7 Å². The standard InChI is InChI=1S/C22H22N2O2S/c1-15-5-10-18-19(14-27-20(18)12-15)22(26)23-17-8-6-16(7-9-17)13-24-11-3-2-4-21(24)25/h2-4,6-9,11,14-15H,5,10,12-13H2,1H3,(H,23,26). The lowest BCUT2D eigenvalue weighted by Gasteiger charge is -2.18. The SMILES string of the molecule is CC1CCc2c(C(=O)Nc3ccc(Cn4ccccc4=O)cc3)csc2C1. The van der Waals surface area contributed by atoms with E-state index in [1.165, 1.54) is 10.4 Å². The van der Waals surface area contributed by atoms with Crippen molar-refractivity contribution in [3.8, 4) is 0 Å². The summed E-state index contributed by atoms with van der Waals surface area (Å²) in [5.74, 6) is 0.672. The topological polar surface area (TPSA) is 51.1 Å². The van der Waals surface area contributed by atoms with E-state index in [2.05, 4.69) is 12.2 Å². The Bertz CT molecular complexity index is 1020. The predicted molar refractivity (Wildman–Crippen MR) is 110 cm³/mol. The Hall–Kier alpha value is -2.66. The maximum absolute atomic E-state index is 12.7. The van der Waals surface area contributed by atoms with Crippen LogP contribution in [0.2, 0.25) is 0 Å². The van der Waals surface area contributed by atoms with Gasteiger partial charge >= 0.3 is 0 Å². The van der Waals surface area contributed by atoms with E-state index >= 15 is 0 Å². The van der Waals surface area contributed by atoms with Gasteiger partial charge in [0.1, 0.15) is 0 Å². The molecule has 0 fully saturated rings. The van der Waals surface area contributed by atoms with E-state index in [4.69, 9.17) is 0 Å². The van der Waals surface area contributed by atoms with Crippen molar-refractivity contribution in [3.05, 3.63) is 86.0 Å². The number of fused-ring (bicyclic) bond motifs is 1. The molecule has 0 aliphatic heterocycles. The van der Waals surface area contributed by atoms with Crippen LogP contribution in [-0.2, 0) is 19.4 Å². The van der Waals surface area contributed by atoms with Gasteiger partial charge in [-0.25, -0.2) is 0 Å². The van der Waals surface area contributed by atoms with Gasteiger partial charge in [-0.05, 0) is 54.5 Å². The van der Waals surface area contributed by atoms with Gasteiger partial charge in [-0.1, -0.05) is 25.1 Å². The zero-order valence-corrected chi connectivity index (χ0v) is 16.1. The van der Waals surface area contributed by atoms with Gasteiger partial charge in [-0.2, -0.15) is 0 Å². The van der Waals surface area contributed by atoms with E-state index < -0.39 is 0 Å². The van der Waals surface area contributed by atoms with Crippen molar-refractivity contribution in [2.75, 3.05) is 5.32 Å². The number of rotatable bonds is 4. The van der Waals surface area contributed by atoms with Crippen molar-refractivity contribution in [1.29, 1.82) is 0 Å². The van der Waals surface area contributed by atoms with Crippen molar-refractivity contribution in [1.82, 2.24) is 4.57 Å². The summed E-state index contributed by atoms with van der Waals surface area (Å²) in [6.45, 7) is 2.79. The molecule has 4 rings (SSSR count). The molecule has 1 aliphatic carbocycles. The normalized spacial score (nSPS) is 16.0. The highest BCUT2D eigenvalue weighted by molar-refractivity contribution is 7.10. The van der Waals surface area contributed by atoms with E-state index in [0.717, 1.165) is 36.1 Å². The number of pyridine rings is 1. The predicted octanol–water partition coefficient (Wildman–Crippen LogP) is 4.34. The Balaban J connectivity index is 1.45. The number of amides is 1. The Morgan fingerprint density at radius 1 is 1.22 bits per heavy atom. The number of benzene rings is 1. The van der Waals surface area contributed by atoms with Crippen molar-refractivity contribution in [3.63, 3.8) is 0 Å². The molecule has 1 aromatic carbocycles. The van der Waals surface area contributed by atoms with Crippen LogP contribution in [0.3, 0.4) is 0 Å². The first kappa shape index (κ1) is 17.7. The third-order valence-electron chi connectivity index (χ3n) is 5.11. The zero-order chi connectivity index (χ0) is 18.8. The second-order valence-corrected chi connectivity index (χ2v) is 8.18. The maximum Gasteiger partial charge on any atom is 0.256 e. The first-order valence-electron chi connectivity index (χ1n) is 9.25. The van der Waals surface area contributed by atoms with Gasteiger partial charge in [0.05, 0.1) is 12.1 Å².